The molecule has 2 aromatic rings. The zero-order valence-electron chi connectivity index (χ0n) is 18.9. The maximum atomic E-state index is 12.7. The van der Waals surface area contributed by atoms with Gasteiger partial charge in [-0.2, -0.15) is 4.73 Å². The minimum absolute atomic E-state index is 0.0467. The molecule has 12 heteroatoms. The van der Waals surface area contributed by atoms with Crippen molar-refractivity contribution >= 4 is 33.4 Å². The van der Waals surface area contributed by atoms with Crippen LogP contribution in [0.25, 0.3) is 0 Å². The Bertz CT molecular complexity index is 1100. The Morgan fingerprint density at radius 2 is 1.94 bits per heavy atom. The zero-order chi connectivity index (χ0) is 25.1. The van der Waals surface area contributed by atoms with Crippen LogP contribution >= 0.6 is 11.6 Å². The summed E-state index contributed by atoms with van der Waals surface area (Å²) in [5, 5.41) is 17.5. The Balaban J connectivity index is 1.98. The average Bonchev–Trinajstić information content (AvgIpc) is 2.79. The number of rotatable bonds is 13. The van der Waals surface area contributed by atoms with E-state index in [0.29, 0.717) is 21.9 Å². The molecule has 0 aliphatic carbocycles. The van der Waals surface area contributed by atoms with Crippen molar-refractivity contribution in [3.05, 3.63) is 69.6 Å². The minimum atomic E-state index is -3.71. The lowest BCUT2D eigenvalue weighted by atomic mass is 10.1. The van der Waals surface area contributed by atoms with Crippen molar-refractivity contribution in [2.75, 3.05) is 12.3 Å². The Morgan fingerprint density at radius 3 is 2.62 bits per heavy atom. The third-order valence-corrected chi connectivity index (χ3v) is 6.82. The third kappa shape index (κ3) is 8.90. The van der Waals surface area contributed by atoms with Crippen LogP contribution < -0.4 is 25.8 Å². The molecule has 186 valence electrons. The van der Waals surface area contributed by atoms with Gasteiger partial charge in [0.1, 0.15) is 6.04 Å². The molecule has 0 aliphatic heterocycles. The molecule has 10 nitrogen and oxygen atoms in total. The molecule has 0 radical (unpaired) electrons. The lowest BCUT2D eigenvalue weighted by Crippen LogP contribution is -2.49. The molecule has 2 amide bonds. The Morgan fingerprint density at radius 1 is 1.18 bits per heavy atom. The number of hydrogen-bond acceptors (Lipinski definition) is 6. The topological polar surface area (TPSA) is 157 Å². The van der Waals surface area contributed by atoms with E-state index in [9.17, 15) is 23.2 Å². The molecule has 5 N–H and O–H groups in total. The van der Waals surface area contributed by atoms with Gasteiger partial charge in [-0.15, -0.1) is 0 Å². The van der Waals surface area contributed by atoms with E-state index in [2.05, 4.69) is 15.4 Å². The number of sulfonamides is 1. The highest BCUT2D eigenvalue weighted by Gasteiger charge is 2.25. The van der Waals surface area contributed by atoms with Crippen molar-refractivity contribution in [2.45, 2.75) is 45.3 Å². The van der Waals surface area contributed by atoms with E-state index < -0.39 is 27.9 Å². The molecule has 1 aromatic carbocycles. The van der Waals surface area contributed by atoms with E-state index in [1.54, 1.807) is 43.3 Å². The van der Waals surface area contributed by atoms with Crippen LogP contribution in [-0.2, 0) is 39.1 Å². The highest BCUT2D eigenvalue weighted by molar-refractivity contribution is 7.89. The number of nitrogens with one attached hydrogen (secondary N) is 3. The smallest absolute Gasteiger partial charge is 0.239 e. The second-order valence-electron chi connectivity index (χ2n) is 7.66. The summed E-state index contributed by atoms with van der Waals surface area (Å²) in [6.45, 7) is 1.81. The van der Waals surface area contributed by atoms with Gasteiger partial charge in [0.2, 0.25) is 21.8 Å². The van der Waals surface area contributed by atoms with Crippen LogP contribution in [0.2, 0.25) is 5.02 Å². The SMILES string of the molecule is CCCS(=O)(=O)N[C@@H](CCc1cccc[n+]1[O-])C(=O)NCC(=O)NCc1cc(Cl)ccc1CN. The molecular weight excluding hydrogens is 482 g/mol. The largest absolute Gasteiger partial charge is 0.619 e. The van der Waals surface area contributed by atoms with Gasteiger partial charge in [0, 0.05) is 36.7 Å². The van der Waals surface area contributed by atoms with Crippen LogP contribution in [0.5, 0.6) is 0 Å². The first-order valence-electron chi connectivity index (χ1n) is 10.8. The van der Waals surface area contributed by atoms with E-state index in [1.165, 1.54) is 6.20 Å². The van der Waals surface area contributed by atoms with E-state index >= 15 is 0 Å². The van der Waals surface area contributed by atoms with E-state index in [-0.39, 0.29) is 38.2 Å². The van der Waals surface area contributed by atoms with Crippen LogP contribution in [0.4, 0.5) is 0 Å². The molecule has 1 atom stereocenters. The van der Waals surface area contributed by atoms with Crippen molar-refractivity contribution in [3.63, 3.8) is 0 Å². The predicted molar refractivity (Wildman–Crippen MR) is 129 cm³/mol. The molecule has 0 fully saturated rings. The molecule has 1 aromatic heterocycles. The van der Waals surface area contributed by atoms with Crippen molar-refractivity contribution in [1.29, 1.82) is 0 Å². The molecular formula is C22H30ClN5O5S. The lowest BCUT2D eigenvalue weighted by molar-refractivity contribution is -0.614. The van der Waals surface area contributed by atoms with Gasteiger partial charge < -0.3 is 21.6 Å². The van der Waals surface area contributed by atoms with Crippen LogP contribution in [0, 0.1) is 5.21 Å². The van der Waals surface area contributed by atoms with Crippen molar-refractivity contribution in [3.8, 4) is 0 Å². The number of pyridine rings is 1. The van der Waals surface area contributed by atoms with Gasteiger partial charge in [0.25, 0.3) is 0 Å². The van der Waals surface area contributed by atoms with Crippen LogP contribution in [0.15, 0.2) is 42.6 Å². The number of benzene rings is 1. The van der Waals surface area contributed by atoms with E-state index in [4.69, 9.17) is 17.3 Å². The summed E-state index contributed by atoms with van der Waals surface area (Å²) in [4.78, 5) is 25.0. The fourth-order valence-electron chi connectivity index (χ4n) is 3.24. The number of carbonyl (C=O) groups is 2. The van der Waals surface area contributed by atoms with Crippen LogP contribution in [-0.4, -0.2) is 38.6 Å². The molecule has 0 spiro atoms. The number of hydrogen-bond donors (Lipinski definition) is 4. The summed E-state index contributed by atoms with van der Waals surface area (Å²) in [7, 11) is -3.71. The highest BCUT2D eigenvalue weighted by Crippen LogP contribution is 2.15. The molecule has 0 bridgehead atoms. The van der Waals surface area contributed by atoms with Crippen molar-refractivity contribution in [2.24, 2.45) is 5.73 Å². The number of amides is 2. The standard InChI is InChI=1S/C22H30ClN5O5S/c1-2-11-34(32,33)27-20(9-8-19-5-3-4-10-28(19)31)22(30)26-15-21(29)25-14-17-12-18(23)7-6-16(17)13-24/h3-7,10,12,20,27H,2,8-9,11,13-15,24H2,1H3,(H,25,29)(H,26,30)/t20-/m0/s1. The van der Waals surface area contributed by atoms with Crippen molar-refractivity contribution < 1.29 is 22.7 Å². The molecule has 0 saturated carbocycles. The zero-order valence-corrected chi connectivity index (χ0v) is 20.5. The molecule has 1 heterocycles. The number of halogens is 1. The first-order valence-corrected chi connectivity index (χ1v) is 12.9. The fraction of sp³-hybridized carbons (Fsp3) is 0.409. The van der Waals surface area contributed by atoms with E-state index in [0.717, 1.165) is 11.1 Å². The van der Waals surface area contributed by atoms with Gasteiger partial charge >= 0.3 is 0 Å². The van der Waals surface area contributed by atoms with Gasteiger partial charge in [0.05, 0.1) is 12.3 Å². The Kier molecular flexibility index (Phi) is 10.7. The monoisotopic (exact) mass is 511 g/mol. The summed E-state index contributed by atoms with van der Waals surface area (Å²) in [6.07, 6.45) is 1.91. The molecule has 0 aliphatic rings. The quantitative estimate of drug-likeness (QED) is 0.226. The number of nitrogens with zero attached hydrogens (tertiary/aromatic N) is 1. The lowest BCUT2D eigenvalue weighted by Gasteiger charge is -2.18. The summed E-state index contributed by atoms with van der Waals surface area (Å²) in [5.41, 5.74) is 7.68. The fourth-order valence-corrected chi connectivity index (χ4v) is 4.75. The molecule has 2 rings (SSSR count). The first-order chi connectivity index (χ1) is 16.1. The van der Waals surface area contributed by atoms with Crippen LogP contribution in [0.3, 0.4) is 0 Å². The van der Waals surface area contributed by atoms with Crippen LogP contribution in [0.1, 0.15) is 36.6 Å². The molecule has 0 unspecified atom stereocenters. The minimum Gasteiger partial charge on any atom is -0.619 e. The number of carbonyl (C=O) groups excluding carboxylic acids is 2. The first kappa shape index (κ1) is 27.5. The average molecular weight is 512 g/mol. The second kappa shape index (κ2) is 13.2. The van der Waals surface area contributed by atoms with Gasteiger partial charge in [-0.25, -0.2) is 13.1 Å². The molecule has 0 saturated heterocycles. The summed E-state index contributed by atoms with van der Waals surface area (Å²) in [6, 6.07) is 8.90. The van der Waals surface area contributed by atoms with Gasteiger partial charge in [-0.1, -0.05) is 30.7 Å². The number of nitrogens with two attached hydrogens (primary N) is 1. The third-order valence-electron chi connectivity index (χ3n) is 4.99. The normalized spacial score (nSPS) is 12.2. The van der Waals surface area contributed by atoms with Gasteiger partial charge in [-0.05, 0) is 36.1 Å². The second-order valence-corrected chi connectivity index (χ2v) is 9.97. The van der Waals surface area contributed by atoms with Gasteiger partial charge in [-0.3, -0.25) is 9.59 Å². The van der Waals surface area contributed by atoms with E-state index in [1.807, 2.05) is 0 Å². The Hall–Kier alpha value is -2.73. The maximum absolute atomic E-state index is 12.7. The number of aryl methyl sites for hydroxylation is 1. The molecule has 34 heavy (non-hydrogen) atoms. The Labute approximate surface area is 204 Å². The van der Waals surface area contributed by atoms with Gasteiger partial charge in [0.15, 0.2) is 11.9 Å². The maximum Gasteiger partial charge on any atom is 0.239 e. The highest BCUT2D eigenvalue weighted by atomic mass is 35.5. The number of aromatic nitrogens is 1. The summed E-state index contributed by atoms with van der Waals surface area (Å²) < 4.78 is 27.5. The van der Waals surface area contributed by atoms with Crippen molar-refractivity contribution in [1.82, 2.24) is 15.4 Å². The predicted octanol–water partition coefficient (Wildman–Crippen LogP) is 0.495. The summed E-state index contributed by atoms with van der Waals surface area (Å²) in [5.74, 6) is -1.27. The summed E-state index contributed by atoms with van der Waals surface area (Å²) >= 11 is 6.00.